The Morgan fingerprint density at radius 2 is 1.79 bits per heavy atom. The highest BCUT2D eigenvalue weighted by Crippen LogP contribution is 2.14. The van der Waals surface area contributed by atoms with Gasteiger partial charge in [0.25, 0.3) is 0 Å². The van der Waals surface area contributed by atoms with Crippen molar-refractivity contribution in [3.8, 4) is 0 Å². The van der Waals surface area contributed by atoms with Gasteiger partial charge in [0.05, 0.1) is 5.92 Å². The van der Waals surface area contributed by atoms with Crippen LogP contribution in [-0.2, 0) is 4.79 Å². The summed E-state index contributed by atoms with van der Waals surface area (Å²) in [6.07, 6.45) is 1.69. The molecule has 0 radical (unpaired) electrons. The largest absolute Gasteiger partial charge is 0.293 e. The summed E-state index contributed by atoms with van der Waals surface area (Å²) < 4.78 is 0. The average Bonchev–Trinajstić information content (AvgIpc) is 2.27. The molecular weight excluding hydrogens is 196 g/mol. The number of hydrogen-bond acceptors (Lipinski definition) is 3. The number of hydrogen-bond donors (Lipinski definition) is 0. The van der Waals surface area contributed by atoms with Crippen molar-refractivity contribution in [2.24, 2.45) is 5.92 Å². The normalized spacial score (nSPS) is 12.1. The van der Waals surface area contributed by atoms with E-state index in [1.165, 1.54) is 0 Å². The van der Waals surface area contributed by atoms with Crippen LogP contribution in [0, 0.1) is 5.92 Å². The van der Waals surface area contributed by atoms with Gasteiger partial charge in [-0.05, 0) is 13.2 Å². The Morgan fingerprint density at radius 1 is 1.21 bits per heavy atom. The fourth-order valence-corrected chi connectivity index (χ4v) is 1.60. The van der Waals surface area contributed by atoms with Crippen molar-refractivity contribution in [1.29, 1.82) is 0 Å². The smallest absolute Gasteiger partial charge is 0.199 e. The fraction of sp³-hybridized carbons (Fsp3) is 0.273. The molecule has 1 aromatic rings. The van der Waals surface area contributed by atoms with Crippen molar-refractivity contribution >= 4 is 22.7 Å². The van der Waals surface area contributed by atoms with Gasteiger partial charge in [0.1, 0.15) is 0 Å². The van der Waals surface area contributed by atoms with Crippen LogP contribution in [0.4, 0.5) is 0 Å². The lowest BCUT2D eigenvalue weighted by Gasteiger charge is -2.06. The van der Waals surface area contributed by atoms with Gasteiger partial charge in [-0.25, -0.2) is 0 Å². The zero-order chi connectivity index (χ0) is 10.6. The number of carbonyl (C=O) groups excluding carboxylic acids is 2. The molecule has 1 atom stereocenters. The van der Waals surface area contributed by atoms with Gasteiger partial charge in [0, 0.05) is 5.56 Å². The van der Waals surface area contributed by atoms with Gasteiger partial charge in [-0.2, -0.15) is 0 Å². The Balaban J connectivity index is 2.81. The van der Waals surface area contributed by atoms with Crippen LogP contribution in [0.3, 0.4) is 0 Å². The summed E-state index contributed by atoms with van der Waals surface area (Å²) in [4.78, 5) is 23.0. The van der Waals surface area contributed by atoms with E-state index < -0.39 is 5.92 Å². The monoisotopic (exact) mass is 208 g/mol. The van der Waals surface area contributed by atoms with E-state index in [4.69, 9.17) is 0 Å². The summed E-state index contributed by atoms with van der Waals surface area (Å²) in [7, 11) is 0. The van der Waals surface area contributed by atoms with Crippen molar-refractivity contribution in [3.63, 3.8) is 0 Å². The van der Waals surface area contributed by atoms with E-state index in [1.54, 1.807) is 37.4 Å². The van der Waals surface area contributed by atoms with Crippen LogP contribution in [0.1, 0.15) is 17.3 Å². The SMILES string of the molecule is CSC(=O)C(C)C(=O)c1ccccc1. The predicted octanol–water partition coefficient (Wildman–Crippen LogP) is 2.40. The van der Waals surface area contributed by atoms with Crippen LogP contribution < -0.4 is 0 Å². The number of Topliss-reactive ketones (excluding diaryl/α,β-unsaturated/α-hetero) is 1. The van der Waals surface area contributed by atoms with Crippen LogP contribution in [0.15, 0.2) is 30.3 Å². The zero-order valence-corrected chi connectivity index (χ0v) is 9.01. The summed E-state index contributed by atoms with van der Waals surface area (Å²) in [6.45, 7) is 1.65. The average molecular weight is 208 g/mol. The lowest BCUT2D eigenvalue weighted by molar-refractivity contribution is -0.112. The lowest BCUT2D eigenvalue weighted by Crippen LogP contribution is -2.18. The molecule has 74 valence electrons. The van der Waals surface area contributed by atoms with Crippen LogP contribution in [0.25, 0.3) is 0 Å². The molecule has 0 aliphatic heterocycles. The van der Waals surface area contributed by atoms with E-state index >= 15 is 0 Å². The minimum Gasteiger partial charge on any atom is -0.293 e. The third kappa shape index (κ3) is 2.45. The first kappa shape index (κ1) is 11.0. The van der Waals surface area contributed by atoms with Crippen molar-refractivity contribution in [2.45, 2.75) is 6.92 Å². The first-order chi connectivity index (χ1) is 6.66. The zero-order valence-electron chi connectivity index (χ0n) is 8.19. The second-order valence-corrected chi connectivity index (χ2v) is 3.79. The topological polar surface area (TPSA) is 34.1 Å². The third-order valence-corrected chi connectivity index (χ3v) is 2.76. The number of carbonyl (C=O) groups is 2. The predicted molar refractivity (Wildman–Crippen MR) is 58.5 cm³/mol. The number of rotatable bonds is 3. The Morgan fingerprint density at radius 3 is 2.29 bits per heavy atom. The number of ketones is 1. The summed E-state index contributed by atoms with van der Waals surface area (Å²) in [5, 5.41) is -0.0844. The molecule has 1 unspecified atom stereocenters. The van der Waals surface area contributed by atoms with Gasteiger partial charge in [-0.15, -0.1) is 0 Å². The van der Waals surface area contributed by atoms with Gasteiger partial charge >= 0.3 is 0 Å². The Labute approximate surface area is 87.7 Å². The molecule has 0 heterocycles. The second kappa shape index (κ2) is 4.96. The molecular formula is C11H12O2S. The van der Waals surface area contributed by atoms with Crippen molar-refractivity contribution in [1.82, 2.24) is 0 Å². The first-order valence-corrected chi connectivity index (χ1v) is 5.56. The maximum absolute atomic E-state index is 11.7. The van der Waals surface area contributed by atoms with Crippen LogP contribution in [0.2, 0.25) is 0 Å². The van der Waals surface area contributed by atoms with Crippen LogP contribution in [0.5, 0.6) is 0 Å². The van der Waals surface area contributed by atoms with E-state index in [9.17, 15) is 9.59 Å². The molecule has 0 saturated heterocycles. The number of benzene rings is 1. The molecule has 3 heteroatoms. The molecule has 0 aromatic heterocycles. The van der Waals surface area contributed by atoms with E-state index in [0.717, 1.165) is 11.8 Å². The summed E-state index contributed by atoms with van der Waals surface area (Å²) >= 11 is 1.10. The highest BCUT2D eigenvalue weighted by molar-refractivity contribution is 8.13. The van der Waals surface area contributed by atoms with E-state index in [-0.39, 0.29) is 10.9 Å². The fourth-order valence-electron chi connectivity index (χ4n) is 1.14. The quantitative estimate of drug-likeness (QED) is 0.565. The molecule has 0 N–H and O–H groups in total. The highest BCUT2D eigenvalue weighted by Gasteiger charge is 2.21. The molecule has 0 fully saturated rings. The standard InChI is InChI=1S/C11H12O2S/c1-8(11(13)14-2)10(12)9-6-4-3-5-7-9/h3-8H,1-2H3. The van der Waals surface area contributed by atoms with E-state index in [0.29, 0.717) is 5.56 Å². The van der Waals surface area contributed by atoms with Crippen molar-refractivity contribution < 1.29 is 9.59 Å². The Bertz CT molecular complexity index is 332. The molecule has 1 rings (SSSR count). The molecule has 0 spiro atoms. The first-order valence-electron chi connectivity index (χ1n) is 4.34. The lowest BCUT2D eigenvalue weighted by atomic mass is 10.0. The summed E-state index contributed by atoms with van der Waals surface area (Å²) in [5.41, 5.74) is 0.599. The van der Waals surface area contributed by atoms with Crippen molar-refractivity contribution in [2.75, 3.05) is 6.26 Å². The maximum Gasteiger partial charge on any atom is 0.199 e. The Kier molecular flexibility index (Phi) is 3.89. The van der Waals surface area contributed by atoms with Crippen LogP contribution >= 0.6 is 11.8 Å². The molecule has 1 aromatic carbocycles. The minimum absolute atomic E-state index is 0.0844. The van der Waals surface area contributed by atoms with Gasteiger partial charge in [-0.1, -0.05) is 42.1 Å². The van der Waals surface area contributed by atoms with E-state index in [2.05, 4.69) is 0 Å². The van der Waals surface area contributed by atoms with Gasteiger partial charge < -0.3 is 0 Å². The van der Waals surface area contributed by atoms with E-state index in [1.807, 2.05) is 6.07 Å². The van der Waals surface area contributed by atoms with Gasteiger partial charge in [0.15, 0.2) is 10.9 Å². The molecule has 14 heavy (non-hydrogen) atoms. The summed E-state index contributed by atoms with van der Waals surface area (Å²) in [6, 6.07) is 8.89. The highest BCUT2D eigenvalue weighted by atomic mass is 32.2. The molecule has 0 aliphatic rings. The van der Waals surface area contributed by atoms with Crippen LogP contribution in [-0.4, -0.2) is 17.2 Å². The molecule has 2 nitrogen and oxygen atoms in total. The molecule has 0 aliphatic carbocycles. The molecule has 0 amide bonds. The Hall–Kier alpha value is -1.09. The molecule has 0 saturated carbocycles. The molecule has 0 bridgehead atoms. The maximum atomic E-state index is 11.7. The summed E-state index contributed by atoms with van der Waals surface area (Å²) in [5.74, 6) is -0.655. The van der Waals surface area contributed by atoms with Gasteiger partial charge in [-0.3, -0.25) is 9.59 Å². The van der Waals surface area contributed by atoms with Gasteiger partial charge in [0.2, 0.25) is 0 Å². The second-order valence-electron chi connectivity index (χ2n) is 2.98. The van der Waals surface area contributed by atoms with Crippen molar-refractivity contribution in [3.05, 3.63) is 35.9 Å². The number of thioether (sulfide) groups is 1. The third-order valence-electron chi connectivity index (χ3n) is 2.01. The minimum atomic E-state index is -0.549.